The zero-order chi connectivity index (χ0) is 51.8. The van der Waals surface area contributed by atoms with Gasteiger partial charge in [0.1, 0.15) is 5.78 Å². The highest BCUT2D eigenvalue weighted by Crippen LogP contribution is 2.28. The second-order valence-electron chi connectivity index (χ2n) is 23.0. The Morgan fingerprint density at radius 1 is 0.343 bits per heavy atom. The average Bonchev–Trinajstić information content (AvgIpc) is 3.30. The van der Waals surface area contributed by atoms with Crippen LogP contribution in [0.25, 0.3) is 0 Å². The highest BCUT2D eigenvalue weighted by atomic mass is 16.6. The molecule has 8 heteroatoms. The van der Waals surface area contributed by atoms with E-state index in [9.17, 15) is 24.3 Å². The SMILES string of the molecule is CC(=O)C(C(=O)OCCCCCCCCCCCCCCCC(C)C)C(O)(CC(=O)OCCCCCCCCCCCCCCCC(C)C)C(=O)OCCCCCCCCCCCCCCCC(C)C. The maximum absolute atomic E-state index is 13.6. The summed E-state index contributed by atoms with van der Waals surface area (Å²) < 4.78 is 16.5. The summed E-state index contributed by atoms with van der Waals surface area (Å²) in [6.45, 7) is 15.2. The van der Waals surface area contributed by atoms with Crippen molar-refractivity contribution in [2.24, 2.45) is 23.7 Å². The van der Waals surface area contributed by atoms with E-state index in [2.05, 4.69) is 41.5 Å². The molecule has 0 aromatic heterocycles. The van der Waals surface area contributed by atoms with Crippen molar-refractivity contribution in [2.75, 3.05) is 19.8 Å². The summed E-state index contributed by atoms with van der Waals surface area (Å²) in [6, 6.07) is 0. The Labute approximate surface area is 434 Å². The molecule has 70 heavy (non-hydrogen) atoms. The fraction of sp³-hybridized carbons (Fsp3) is 0.935. The average molecular weight is 992 g/mol. The normalized spacial score (nSPS) is 13.0. The molecule has 8 nitrogen and oxygen atoms in total. The number of hydrogen-bond donors (Lipinski definition) is 1. The van der Waals surface area contributed by atoms with Gasteiger partial charge in [-0.25, -0.2) is 4.79 Å². The van der Waals surface area contributed by atoms with Crippen molar-refractivity contribution in [2.45, 2.75) is 330 Å². The molecule has 0 heterocycles. The number of unbranched alkanes of at least 4 members (excludes halogenated alkanes) is 36. The van der Waals surface area contributed by atoms with E-state index in [1.54, 1.807) is 0 Å². The van der Waals surface area contributed by atoms with E-state index in [0.29, 0.717) is 19.3 Å². The Kier molecular flexibility index (Phi) is 47.9. The number of hydrogen-bond acceptors (Lipinski definition) is 8. The van der Waals surface area contributed by atoms with E-state index in [-0.39, 0.29) is 19.8 Å². The number of esters is 3. The van der Waals surface area contributed by atoms with Crippen LogP contribution in [-0.4, -0.2) is 54.2 Å². The van der Waals surface area contributed by atoms with E-state index < -0.39 is 41.6 Å². The van der Waals surface area contributed by atoms with Crippen molar-refractivity contribution in [3.63, 3.8) is 0 Å². The first-order valence-corrected chi connectivity index (χ1v) is 30.5. The molecule has 1 N–H and O–H groups in total. The third-order valence-electron chi connectivity index (χ3n) is 14.4. The predicted molar refractivity (Wildman–Crippen MR) is 295 cm³/mol. The fourth-order valence-corrected chi connectivity index (χ4v) is 9.79. The molecule has 0 bridgehead atoms. The maximum Gasteiger partial charge on any atom is 0.340 e. The van der Waals surface area contributed by atoms with Crippen LogP contribution in [0.1, 0.15) is 325 Å². The van der Waals surface area contributed by atoms with E-state index in [4.69, 9.17) is 14.2 Å². The molecule has 0 aliphatic carbocycles. The number of carbonyl (C=O) groups excluding carboxylic acids is 4. The van der Waals surface area contributed by atoms with E-state index in [1.807, 2.05) is 0 Å². The number of ether oxygens (including phenoxy) is 3. The predicted octanol–water partition coefficient (Wildman–Crippen LogP) is 18.3. The zero-order valence-corrected chi connectivity index (χ0v) is 47.6. The first-order valence-electron chi connectivity index (χ1n) is 30.5. The number of ketones is 1. The summed E-state index contributed by atoms with van der Waals surface area (Å²) in [6.07, 6.45) is 49.7. The van der Waals surface area contributed by atoms with Crippen LogP contribution in [0.5, 0.6) is 0 Å². The van der Waals surface area contributed by atoms with Gasteiger partial charge in [-0.3, -0.25) is 14.4 Å². The van der Waals surface area contributed by atoms with Crippen LogP contribution in [0.4, 0.5) is 0 Å². The molecular formula is C62H118O8. The molecule has 0 aromatic rings. The monoisotopic (exact) mass is 991 g/mol. The second-order valence-corrected chi connectivity index (χ2v) is 23.0. The Balaban J connectivity index is 4.79. The molecule has 0 fully saturated rings. The highest BCUT2D eigenvalue weighted by Gasteiger charge is 2.54. The number of carbonyl (C=O) groups is 4. The van der Waals surface area contributed by atoms with Crippen LogP contribution in [0, 0.1) is 23.7 Å². The smallest absolute Gasteiger partial charge is 0.340 e. The van der Waals surface area contributed by atoms with Crippen molar-refractivity contribution < 1.29 is 38.5 Å². The van der Waals surface area contributed by atoms with Gasteiger partial charge in [0.2, 0.25) is 0 Å². The molecule has 0 saturated heterocycles. The van der Waals surface area contributed by atoms with Crippen molar-refractivity contribution >= 4 is 23.7 Å². The van der Waals surface area contributed by atoms with Crippen molar-refractivity contribution in [1.82, 2.24) is 0 Å². The zero-order valence-electron chi connectivity index (χ0n) is 47.6. The third kappa shape index (κ3) is 43.6. The third-order valence-corrected chi connectivity index (χ3v) is 14.4. The molecule has 2 atom stereocenters. The molecule has 0 aliphatic heterocycles. The lowest BCUT2D eigenvalue weighted by Gasteiger charge is -2.30. The van der Waals surface area contributed by atoms with Gasteiger partial charge in [0.25, 0.3) is 0 Å². The van der Waals surface area contributed by atoms with E-state index in [1.165, 1.54) is 193 Å². The van der Waals surface area contributed by atoms with Gasteiger partial charge in [-0.1, -0.05) is 292 Å². The lowest BCUT2D eigenvalue weighted by atomic mass is 9.81. The van der Waals surface area contributed by atoms with Crippen LogP contribution in [0.2, 0.25) is 0 Å². The fourth-order valence-electron chi connectivity index (χ4n) is 9.79. The van der Waals surface area contributed by atoms with Crippen molar-refractivity contribution in [1.29, 1.82) is 0 Å². The van der Waals surface area contributed by atoms with Crippen LogP contribution in [0.3, 0.4) is 0 Å². The van der Waals surface area contributed by atoms with Crippen LogP contribution < -0.4 is 0 Å². The van der Waals surface area contributed by atoms with Crippen LogP contribution in [0.15, 0.2) is 0 Å². The summed E-state index contributed by atoms with van der Waals surface area (Å²) in [5.41, 5.74) is -2.71. The molecule has 0 saturated carbocycles. The van der Waals surface area contributed by atoms with E-state index in [0.717, 1.165) is 82.5 Å². The van der Waals surface area contributed by atoms with Gasteiger partial charge >= 0.3 is 17.9 Å². The molecular weight excluding hydrogens is 873 g/mol. The Morgan fingerprint density at radius 3 is 0.829 bits per heavy atom. The highest BCUT2D eigenvalue weighted by molar-refractivity contribution is 6.05. The summed E-state index contributed by atoms with van der Waals surface area (Å²) >= 11 is 0. The topological polar surface area (TPSA) is 116 Å². The number of rotatable bonds is 54. The van der Waals surface area contributed by atoms with Crippen molar-refractivity contribution in [3.8, 4) is 0 Å². The quantitative estimate of drug-likeness (QED) is 0.0277. The molecule has 0 spiro atoms. The minimum atomic E-state index is -2.71. The molecule has 414 valence electrons. The van der Waals surface area contributed by atoms with Crippen molar-refractivity contribution in [3.05, 3.63) is 0 Å². The van der Waals surface area contributed by atoms with Crippen LogP contribution in [-0.2, 0) is 33.4 Å². The Bertz CT molecular complexity index is 1200. The van der Waals surface area contributed by atoms with Crippen LogP contribution >= 0.6 is 0 Å². The summed E-state index contributed by atoms with van der Waals surface area (Å²) in [5.74, 6) is -3.18. The molecule has 0 aromatic carbocycles. The van der Waals surface area contributed by atoms with Gasteiger partial charge in [0.05, 0.1) is 26.2 Å². The molecule has 0 radical (unpaired) electrons. The standard InChI is InChI=1S/C62H118O8/c1-54(2)47-41-35-29-23-17-11-8-14-20-26-32-38-44-50-68-58(64)53-62(67,61(66)70-52-46-40-34-28-22-16-10-13-19-25-31-37-43-49-56(5)6)59(57(7)63)60(65)69-51-45-39-33-27-21-15-9-12-18-24-30-36-42-48-55(3)4/h54-56,59,67H,8-53H2,1-7H3. The largest absolute Gasteiger partial charge is 0.466 e. The van der Waals surface area contributed by atoms with Gasteiger partial charge in [-0.05, 0) is 43.9 Å². The Morgan fingerprint density at radius 2 is 0.571 bits per heavy atom. The molecule has 0 rings (SSSR count). The lowest BCUT2D eigenvalue weighted by molar-refractivity contribution is -0.187. The summed E-state index contributed by atoms with van der Waals surface area (Å²) in [5, 5.41) is 11.9. The molecule has 0 amide bonds. The number of Topliss-reactive ketones (excluding diaryl/α,β-unsaturated/α-hetero) is 1. The Hall–Kier alpha value is -1.96. The first-order chi connectivity index (χ1) is 33.8. The van der Waals surface area contributed by atoms with Gasteiger partial charge in [0.15, 0.2) is 11.5 Å². The summed E-state index contributed by atoms with van der Waals surface area (Å²) in [7, 11) is 0. The van der Waals surface area contributed by atoms with Gasteiger partial charge in [-0.2, -0.15) is 0 Å². The molecule has 0 aliphatic rings. The van der Waals surface area contributed by atoms with Gasteiger partial charge in [0, 0.05) is 0 Å². The lowest BCUT2D eigenvalue weighted by Crippen LogP contribution is -2.55. The molecule has 2 unspecified atom stereocenters. The summed E-state index contributed by atoms with van der Waals surface area (Å²) in [4.78, 5) is 53.3. The number of aliphatic hydroxyl groups is 1. The van der Waals surface area contributed by atoms with Gasteiger partial charge in [-0.15, -0.1) is 0 Å². The van der Waals surface area contributed by atoms with Gasteiger partial charge < -0.3 is 19.3 Å². The maximum atomic E-state index is 13.6. The minimum Gasteiger partial charge on any atom is -0.466 e. The minimum absolute atomic E-state index is 0.0319. The first kappa shape index (κ1) is 68.0. The second kappa shape index (κ2) is 49.3. The van der Waals surface area contributed by atoms with E-state index >= 15 is 0 Å².